The van der Waals surface area contributed by atoms with Crippen LogP contribution < -0.4 is 5.73 Å². The van der Waals surface area contributed by atoms with E-state index in [4.69, 9.17) is 10.5 Å². The molecule has 1 unspecified atom stereocenters. The molecule has 0 aromatic heterocycles. The van der Waals surface area contributed by atoms with Gasteiger partial charge in [0.1, 0.15) is 0 Å². The Bertz CT molecular complexity index is 207. The number of carbonyl (C=O) groups is 1. The summed E-state index contributed by atoms with van der Waals surface area (Å²) in [7, 11) is 0. The summed E-state index contributed by atoms with van der Waals surface area (Å²) in [6.45, 7) is 6.17. The van der Waals surface area contributed by atoms with Crippen LogP contribution in [0.1, 0.15) is 33.1 Å². The Labute approximate surface area is 91.8 Å². The van der Waals surface area contributed by atoms with Gasteiger partial charge in [0, 0.05) is 19.7 Å². The van der Waals surface area contributed by atoms with Gasteiger partial charge >= 0.3 is 0 Å². The number of piperidine rings is 1. The first kappa shape index (κ1) is 12.5. The first-order chi connectivity index (χ1) is 7.19. The highest BCUT2D eigenvalue weighted by Gasteiger charge is 2.26. The molecule has 0 spiro atoms. The number of hydrogen-bond donors (Lipinski definition) is 1. The minimum absolute atomic E-state index is 0.0712. The Morgan fingerprint density at radius 2 is 2.33 bits per heavy atom. The standard InChI is InChI=1S/C11H22N2O2/c1-3-10(12)11(14)13-7-5-6-9(8-13)15-4-2/h9-10H,3-8,12H2,1-2H3/t9?,10-/m0/s1. The SMILES string of the molecule is CCOC1CCCN(C(=O)[C@@H](N)CC)C1. The average Bonchev–Trinajstić information content (AvgIpc) is 2.28. The molecule has 0 aromatic rings. The number of amides is 1. The van der Waals surface area contributed by atoms with E-state index in [1.807, 2.05) is 18.7 Å². The summed E-state index contributed by atoms with van der Waals surface area (Å²) in [5.41, 5.74) is 5.73. The summed E-state index contributed by atoms with van der Waals surface area (Å²) in [4.78, 5) is 13.7. The minimum Gasteiger partial charge on any atom is -0.377 e. The summed E-state index contributed by atoms with van der Waals surface area (Å²) in [6, 6.07) is -0.342. The predicted molar refractivity (Wildman–Crippen MR) is 59.5 cm³/mol. The smallest absolute Gasteiger partial charge is 0.239 e. The van der Waals surface area contributed by atoms with Gasteiger partial charge in [-0.15, -0.1) is 0 Å². The fourth-order valence-corrected chi connectivity index (χ4v) is 1.92. The second kappa shape index (κ2) is 6.08. The molecule has 1 rings (SSSR count). The number of hydrogen-bond acceptors (Lipinski definition) is 3. The van der Waals surface area contributed by atoms with Crippen molar-refractivity contribution in [2.24, 2.45) is 5.73 Å². The Morgan fingerprint density at radius 3 is 2.93 bits per heavy atom. The molecule has 2 N–H and O–H groups in total. The fourth-order valence-electron chi connectivity index (χ4n) is 1.92. The lowest BCUT2D eigenvalue weighted by atomic mass is 10.1. The monoisotopic (exact) mass is 214 g/mol. The summed E-state index contributed by atoms with van der Waals surface area (Å²) >= 11 is 0. The molecule has 0 saturated carbocycles. The molecule has 0 radical (unpaired) electrons. The summed E-state index contributed by atoms with van der Waals surface area (Å²) in [5.74, 6) is 0.0712. The number of nitrogens with zero attached hydrogens (tertiary/aromatic N) is 1. The summed E-state index contributed by atoms with van der Waals surface area (Å²) in [6.07, 6.45) is 2.98. The highest BCUT2D eigenvalue weighted by Crippen LogP contribution is 2.14. The topological polar surface area (TPSA) is 55.6 Å². The van der Waals surface area contributed by atoms with Crippen molar-refractivity contribution in [1.29, 1.82) is 0 Å². The van der Waals surface area contributed by atoms with Crippen molar-refractivity contribution in [3.63, 3.8) is 0 Å². The third-order valence-corrected chi connectivity index (χ3v) is 2.85. The fraction of sp³-hybridized carbons (Fsp3) is 0.909. The van der Waals surface area contributed by atoms with E-state index >= 15 is 0 Å². The molecule has 1 fully saturated rings. The van der Waals surface area contributed by atoms with E-state index in [1.165, 1.54) is 0 Å². The molecule has 1 aliphatic heterocycles. The van der Waals surface area contributed by atoms with Crippen molar-refractivity contribution in [3.05, 3.63) is 0 Å². The molecule has 0 aromatic carbocycles. The number of nitrogens with two attached hydrogens (primary N) is 1. The number of carbonyl (C=O) groups excluding carboxylic acids is 1. The van der Waals surface area contributed by atoms with Crippen molar-refractivity contribution < 1.29 is 9.53 Å². The van der Waals surface area contributed by atoms with Crippen LogP contribution in [0.3, 0.4) is 0 Å². The maximum atomic E-state index is 11.8. The summed E-state index contributed by atoms with van der Waals surface area (Å²) in [5, 5.41) is 0. The molecule has 2 atom stereocenters. The molecular formula is C11H22N2O2. The van der Waals surface area contributed by atoms with Crippen LogP contribution in [0, 0.1) is 0 Å². The molecular weight excluding hydrogens is 192 g/mol. The second-order valence-electron chi connectivity index (χ2n) is 4.02. The van der Waals surface area contributed by atoms with Crippen LogP contribution in [-0.2, 0) is 9.53 Å². The largest absolute Gasteiger partial charge is 0.377 e. The Morgan fingerprint density at radius 1 is 1.60 bits per heavy atom. The van der Waals surface area contributed by atoms with E-state index in [0.717, 1.165) is 19.4 Å². The average molecular weight is 214 g/mol. The maximum absolute atomic E-state index is 11.8. The maximum Gasteiger partial charge on any atom is 0.239 e. The zero-order valence-corrected chi connectivity index (χ0v) is 9.74. The lowest BCUT2D eigenvalue weighted by Gasteiger charge is -2.33. The zero-order valence-electron chi connectivity index (χ0n) is 9.74. The van der Waals surface area contributed by atoms with Gasteiger partial charge in [0.25, 0.3) is 0 Å². The zero-order chi connectivity index (χ0) is 11.3. The molecule has 88 valence electrons. The molecule has 4 nitrogen and oxygen atoms in total. The third-order valence-electron chi connectivity index (χ3n) is 2.85. The highest BCUT2D eigenvalue weighted by molar-refractivity contribution is 5.81. The van der Waals surface area contributed by atoms with E-state index in [-0.39, 0.29) is 18.1 Å². The molecule has 0 bridgehead atoms. The van der Waals surface area contributed by atoms with Crippen LogP contribution in [0.2, 0.25) is 0 Å². The Hall–Kier alpha value is -0.610. The van der Waals surface area contributed by atoms with Gasteiger partial charge in [-0.2, -0.15) is 0 Å². The van der Waals surface area contributed by atoms with E-state index in [0.29, 0.717) is 19.6 Å². The van der Waals surface area contributed by atoms with Crippen LogP contribution in [-0.4, -0.2) is 42.6 Å². The van der Waals surface area contributed by atoms with Crippen molar-refractivity contribution in [3.8, 4) is 0 Å². The van der Waals surface area contributed by atoms with Gasteiger partial charge in [0.2, 0.25) is 5.91 Å². The van der Waals surface area contributed by atoms with Crippen LogP contribution in [0.4, 0.5) is 0 Å². The molecule has 4 heteroatoms. The van der Waals surface area contributed by atoms with E-state index in [1.54, 1.807) is 0 Å². The van der Waals surface area contributed by atoms with Crippen molar-refractivity contribution in [2.75, 3.05) is 19.7 Å². The number of rotatable bonds is 4. The number of ether oxygens (including phenoxy) is 1. The van der Waals surface area contributed by atoms with Gasteiger partial charge in [0.15, 0.2) is 0 Å². The van der Waals surface area contributed by atoms with Crippen LogP contribution in [0.25, 0.3) is 0 Å². The molecule has 1 amide bonds. The number of likely N-dealkylation sites (tertiary alicyclic amines) is 1. The lowest BCUT2D eigenvalue weighted by molar-refractivity contribution is -0.136. The predicted octanol–water partition coefficient (Wildman–Crippen LogP) is 0.751. The molecule has 1 heterocycles. The van der Waals surface area contributed by atoms with Gasteiger partial charge < -0.3 is 15.4 Å². The Kier molecular flexibility index (Phi) is 5.05. The minimum atomic E-state index is -0.342. The van der Waals surface area contributed by atoms with Crippen molar-refractivity contribution >= 4 is 5.91 Å². The molecule has 1 saturated heterocycles. The van der Waals surface area contributed by atoms with Gasteiger partial charge in [-0.1, -0.05) is 6.92 Å². The third kappa shape index (κ3) is 3.47. The van der Waals surface area contributed by atoms with Gasteiger partial charge in [-0.3, -0.25) is 4.79 Å². The van der Waals surface area contributed by atoms with Gasteiger partial charge in [-0.05, 0) is 26.2 Å². The lowest BCUT2D eigenvalue weighted by Crippen LogP contribution is -2.49. The van der Waals surface area contributed by atoms with E-state index in [2.05, 4.69) is 0 Å². The summed E-state index contributed by atoms with van der Waals surface area (Å²) < 4.78 is 5.54. The van der Waals surface area contributed by atoms with E-state index in [9.17, 15) is 4.79 Å². The van der Waals surface area contributed by atoms with Crippen molar-refractivity contribution in [1.82, 2.24) is 4.90 Å². The highest BCUT2D eigenvalue weighted by atomic mass is 16.5. The normalized spacial score (nSPS) is 23.9. The van der Waals surface area contributed by atoms with Crippen LogP contribution in [0.15, 0.2) is 0 Å². The van der Waals surface area contributed by atoms with E-state index < -0.39 is 0 Å². The van der Waals surface area contributed by atoms with Crippen LogP contribution in [0.5, 0.6) is 0 Å². The molecule has 1 aliphatic rings. The molecule has 0 aliphatic carbocycles. The first-order valence-electron chi connectivity index (χ1n) is 5.85. The quantitative estimate of drug-likeness (QED) is 0.751. The first-order valence-corrected chi connectivity index (χ1v) is 5.85. The Balaban J connectivity index is 2.44. The van der Waals surface area contributed by atoms with Crippen LogP contribution >= 0.6 is 0 Å². The van der Waals surface area contributed by atoms with Crippen molar-refractivity contribution in [2.45, 2.75) is 45.3 Å². The van der Waals surface area contributed by atoms with Gasteiger partial charge in [0.05, 0.1) is 12.1 Å². The second-order valence-corrected chi connectivity index (χ2v) is 4.02. The van der Waals surface area contributed by atoms with Gasteiger partial charge in [-0.25, -0.2) is 0 Å². The molecule has 15 heavy (non-hydrogen) atoms.